The lowest BCUT2D eigenvalue weighted by Crippen LogP contribution is -2.01. The molecule has 0 amide bonds. The lowest BCUT2D eigenvalue weighted by atomic mass is 9.96. The van der Waals surface area contributed by atoms with Gasteiger partial charge in [-0.1, -0.05) is 17.7 Å². The second-order valence-electron chi connectivity index (χ2n) is 5.66. The van der Waals surface area contributed by atoms with Crippen molar-refractivity contribution >= 4 is 22.9 Å². The van der Waals surface area contributed by atoms with Crippen LogP contribution in [0.2, 0.25) is 5.02 Å². The smallest absolute Gasteiger partial charge is 0.113 e. The number of rotatable bonds is 2. The molecule has 1 unspecified atom stereocenters. The highest BCUT2D eigenvalue weighted by atomic mass is 35.5. The Balaban J connectivity index is 1.98. The summed E-state index contributed by atoms with van der Waals surface area (Å²) in [5, 5.41) is 11.5. The van der Waals surface area contributed by atoms with Gasteiger partial charge in [0.1, 0.15) is 6.10 Å². The highest BCUT2D eigenvalue weighted by molar-refractivity contribution is 7.12. The molecule has 1 atom stereocenters. The Kier molecular flexibility index (Phi) is 3.89. The lowest BCUT2D eigenvalue weighted by Gasteiger charge is -2.14. The standard InChI is InChI=1S/C17H19ClOS/c1-10-8-14(18)11(2)7-13(10)17(19)16-9-12-5-3-4-6-15(12)20-16/h7-9,17,19H,3-6H2,1-2H3. The number of benzene rings is 1. The van der Waals surface area contributed by atoms with Gasteiger partial charge in [0.05, 0.1) is 0 Å². The molecule has 0 aliphatic heterocycles. The fraction of sp³-hybridized carbons (Fsp3) is 0.412. The first-order chi connectivity index (χ1) is 9.56. The molecule has 1 aromatic carbocycles. The third-order valence-corrected chi connectivity index (χ3v) is 5.82. The first kappa shape index (κ1) is 14.1. The first-order valence-corrected chi connectivity index (χ1v) is 8.32. The van der Waals surface area contributed by atoms with Gasteiger partial charge < -0.3 is 5.11 Å². The van der Waals surface area contributed by atoms with Crippen LogP contribution in [0.1, 0.15) is 51.0 Å². The number of hydrogen-bond donors (Lipinski definition) is 1. The maximum absolute atomic E-state index is 10.7. The molecule has 1 aliphatic carbocycles. The molecule has 0 saturated carbocycles. The molecular weight excluding hydrogens is 288 g/mol. The van der Waals surface area contributed by atoms with Gasteiger partial charge in [-0.2, -0.15) is 0 Å². The topological polar surface area (TPSA) is 20.2 Å². The third-order valence-electron chi connectivity index (χ3n) is 4.13. The van der Waals surface area contributed by atoms with Gasteiger partial charge in [-0.3, -0.25) is 0 Å². The third kappa shape index (κ3) is 2.52. The van der Waals surface area contributed by atoms with E-state index in [4.69, 9.17) is 11.6 Å². The molecule has 0 saturated heterocycles. The summed E-state index contributed by atoms with van der Waals surface area (Å²) in [4.78, 5) is 2.54. The maximum Gasteiger partial charge on any atom is 0.113 e. The van der Waals surface area contributed by atoms with E-state index in [0.29, 0.717) is 0 Å². The minimum absolute atomic E-state index is 0.526. The summed E-state index contributed by atoms with van der Waals surface area (Å²) in [5.74, 6) is 0. The van der Waals surface area contributed by atoms with E-state index >= 15 is 0 Å². The summed E-state index contributed by atoms with van der Waals surface area (Å²) < 4.78 is 0. The average molecular weight is 307 g/mol. The molecular formula is C17H19ClOS. The normalized spacial score (nSPS) is 16.0. The Bertz CT molecular complexity index is 621. The molecule has 1 aliphatic rings. The zero-order valence-corrected chi connectivity index (χ0v) is 13.4. The van der Waals surface area contributed by atoms with Crippen molar-refractivity contribution in [1.29, 1.82) is 0 Å². The van der Waals surface area contributed by atoms with Gasteiger partial charge in [-0.15, -0.1) is 11.3 Å². The molecule has 2 aromatic rings. The zero-order valence-electron chi connectivity index (χ0n) is 11.9. The summed E-state index contributed by atoms with van der Waals surface area (Å²) in [6.45, 7) is 3.99. The van der Waals surface area contributed by atoms with Crippen LogP contribution in [0.3, 0.4) is 0 Å². The molecule has 106 valence electrons. The Morgan fingerprint density at radius 1 is 1.10 bits per heavy atom. The van der Waals surface area contributed by atoms with E-state index in [1.807, 2.05) is 26.0 Å². The van der Waals surface area contributed by atoms with Crippen LogP contribution in [-0.4, -0.2) is 5.11 Å². The summed E-state index contributed by atoms with van der Waals surface area (Å²) >= 11 is 7.91. The molecule has 1 heterocycles. The van der Waals surface area contributed by atoms with Crippen molar-refractivity contribution in [2.75, 3.05) is 0 Å². The van der Waals surface area contributed by atoms with Crippen molar-refractivity contribution in [1.82, 2.24) is 0 Å². The molecule has 3 rings (SSSR count). The van der Waals surface area contributed by atoms with Gasteiger partial charge >= 0.3 is 0 Å². The number of aliphatic hydroxyl groups excluding tert-OH is 1. The molecule has 1 aromatic heterocycles. The monoisotopic (exact) mass is 306 g/mol. The van der Waals surface area contributed by atoms with E-state index in [1.54, 1.807) is 11.3 Å². The minimum atomic E-state index is -0.526. The summed E-state index contributed by atoms with van der Waals surface area (Å²) in [7, 11) is 0. The quantitative estimate of drug-likeness (QED) is 0.829. The van der Waals surface area contributed by atoms with Crippen molar-refractivity contribution in [3.63, 3.8) is 0 Å². The number of halogens is 1. The highest BCUT2D eigenvalue weighted by Crippen LogP contribution is 2.37. The van der Waals surface area contributed by atoms with Crippen molar-refractivity contribution in [2.24, 2.45) is 0 Å². The van der Waals surface area contributed by atoms with Crippen molar-refractivity contribution in [3.05, 3.63) is 55.2 Å². The summed E-state index contributed by atoms with van der Waals surface area (Å²) in [5.41, 5.74) is 4.50. The van der Waals surface area contributed by atoms with Gasteiger partial charge in [0, 0.05) is 14.8 Å². The van der Waals surface area contributed by atoms with Crippen LogP contribution in [-0.2, 0) is 12.8 Å². The molecule has 0 radical (unpaired) electrons. The van der Waals surface area contributed by atoms with Gasteiger partial charge in [-0.25, -0.2) is 0 Å². The van der Waals surface area contributed by atoms with E-state index < -0.39 is 6.10 Å². The molecule has 0 bridgehead atoms. The van der Waals surface area contributed by atoms with E-state index in [9.17, 15) is 5.11 Å². The van der Waals surface area contributed by atoms with Crippen LogP contribution in [0.4, 0.5) is 0 Å². The summed E-state index contributed by atoms with van der Waals surface area (Å²) in [6, 6.07) is 6.16. The fourth-order valence-electron chi connectivity index (χ4n) is 2.90. The van der Waals surface area contributed by atoms with Crippen LogP contribution < -0.4 is 0 Å². The Labute approximate surface area is 129 Å². The maximum atomic E-state index is 10.7. The summed E-state index contributed by atoms with van der Waals surface area (Å²) in [6.07, 6.45) is 4.37. The van der Waals surface area contributed by atoms with Gasteiger partial charge in [0.2, 0.25) is 0 Å². The van der Waals surface area contributed by atoms with Crippen LogP contribution in [0.25, 0.3) is 0 Å². The lowest BCUT2D eigenvalue weighted by molar-refractivity contribution is 0.223. The predicted molar refractivity (Wildman–Crippen MR) is 85.9 cm³/mol. The second kappa shape index (κ2) is 5.51. The second-order valence-corrected chi connectivity index (χ2v) is 7.24. The van der Waals surface area contributed by atoms with Crippen LogP contribution in [0.15, 0.2) is 18.2 Å². The van der Waals surface area contributed by atoms with Crippen LogP contribution in [0.5, 0.6) is 0 Å². The number of aliphatic hydroxyl groups is 1. The van der Waals surface area contributed by atoms with Crippen LogP contribution >= 0.6 is 22.9 Å². The SMILES string of the molecule is Cc1cc(C(O)c2cc3c(s2)CCCC3)c(C)cc1Cl. The first-order valence-electron chi connectivity index (χ1n) is 7.12. The predicted octanol–water partition coefficient (Wildman–Crippen LogP) is 4.98. The van der Waals surface area contributed by atoms with Crippen molar-refractivity contribution in [3.8, 4) is 0 Å². The number of aryl methyl sites for hydroxylation is 4. The van der Waals surface area contributed by atoms with Gasteiger partial charge in [0.15, 0.2) is 0 Å². The molecule has 20 heavy (non-hydrogen) atoms. The Morgan fingerprint density at radius 2 is 1.85 bits per heavy atom. The van der Waals surface area contributed by atoms with Crippen molar-refractivity contribution in [2.45, 2.75) is 45.6 Å². The van der Waals surface area contributed by atoms with E-state index in [1.165, 1.54) is 29.7 Å². The Hall–Kier alpha value is -0.830. The van der Waals surface area contributed by atoms with E-state index in [0.717, 1.165) is 33.0 Å². The van der Waals surface area contributed by atoms with Gasteiger partial charge in [0.25, 0.3) is 0 Å². The fourth-order valence-corrected chi connectivity index (χ4v) is 4.38. The molecule has 3 heteroatoms. The number of hydrogen-bond acceptors (Lipinski definition) is 2. The largest absolute Gasteiger partial charge is 0.383 e. The molecule has 0 spiro atoms. The van der Waals surface area contributed by atoms with Crippen LogP contribution in [0, 0.1) is 13.8 Å². The van der Waals surface area contributed by atoms with E-state index in [-0.39, 0.29) is 0 Å². The Morgan fingerprint density at radius 3 is 2.60 bits per heavy atom. The van der Waals surface area contributed by atoms with E-state index in [2.05, 4.69) is 6.07 Å². The molecule has 1 N–H and O–H groups in total. The van der Waals surface area contributed by atoms with Crippen molar-refractivity contribution < 1.29 is 5.11 Å². The van der Waals surface area contributed by atoms with Gasteiger partial charge in [-0.05, 0) is 73.9 Å². The average Bonchev–Trinajstić information content (AvgIpc) is 2.86. The number of fused-ring (bicyclic) bond motifs is 1. The zero-order chi connectivity index (χ0) is 14.3. The number of thiophene rings is 1. The highest BCUT2D eigenvalue weighted by Gasteiger charge is 2.20. The molecule has 0 fully saturated rings. The minimum Gasteiger partial charge on any atom is -0.383 e. The molecule has 1 nitrogen and oxygen atoms in total.